The van der Waals surface area contributed by atoms with Gasteiger partial charge in [0.1, 0.15) is 11.6 Å². The van der Waals surface area contributed by atoms with Crippen molar-refractivity contribution < 1.29 is 13.9 Å². The minimum atomic E-state index is -0.306. The molecule has 5 heteroatoms. The molecule has 2 aromatic carbocycles. The summed E-state index contributed by atoms with van der Waals surface area (Å²) >= 11 is 3.33. The van der Waals surface area contributed by atoms with Gasteiger partial charge in [-0.3, -0.25) is 4.79 Å². The van der Waals surface area contributed by atoms with Crippen molar-refractivity contribution in [2.45, 2.75) is 6.54 Å². The lowest BCUT2D eigenvalue weighted by Crippen LogP contribution is -2.30. The molecule has 0 atom stereocenters. The molecule has 0 saturated heterocycles. The summed E-state index contributed by atoms with van der Waals surface area (Å²) in [5.41, 5.74) is 0.745. The summed E-state index contributed by atoms with van der Waals surface area (Å²) in [6.45, 7) is 0.299. The Kier molecular flexibility index (Phi) is 5.33. The third-order valence-corrected chi connectivity index (χ3v) is 3.44. The van der Waals surface area contributed by atoms with Gasteiger partial charge in [-0.05, 0) is 42.0 Å². The van der Waals surface area contributed by atoms with Crippen molar-refractivity contribution in [3.8, 4) is 5.75 Å². The van der Waals surface area contributed by atoms with E-state index in [9.17, 15) is 9.18 Å². The zero-order valence-corrected chi connectivity index (χ0v) is 13.1. The third-order valence-electron chi connectivity index (χ3n) is 2.91. The number of carbonyl (C=O) groups is 1. The quantitative estimate of drug-likeness (QED) is 0.823. The first-order chi connectivity index (χ1) is 10.0. The standard InChI is InChI=1S/C16H15BrFNO2/c1-19(10-12-3-2-4-14(18)9-12)16(20)11-21-15-7-5-13(17)6-8-15/h2-9H,10-11H2,1H3. The number of rotatable bonds is 5. The summed E-state index contributed by atoms with van der Waals surface area (Å²) in [5, 5.41) is 0. The number of halogens is 2. The first-order valence-corrected chi connectivity index (χ1v) is 7.20. The highest BCUT2D eigenvalue weighted by Crippen LogP contribution is 2.16. The number of ether oxygens (including phenoxy) is 1. The molecule has 3 nitrogen and oxygen atoms in total. The number of carbonyl (C=O) groups excluding carboxylic acids is 1. The predicted molar refractivity (Wildman–Crippen MR) is 82.5 cm³/mol. The maximum absolute atomic E-state index is 13.1. The highest BCUT2D eigenvalue weighted by Gasteiger charge is 2.10. The molecule has 2 aromatic rings. The van der Waals surface area contributed by atoms with E-state index in [1.54, 1.807) is 31.3 Å². The SMILES string of the molecule is CN(Cc1cccc(F)c1)C(=O)COc1ccc(Br)cc1. The first kappa shape index (κ1) is 15.5. The van der Waals surface area contributed by atoms with Gasteiger partial charge in [-0.1, -0.05) is 28.1 Å². The van der Waals surface area contributed by atoms with Gasteiger partial charge in [0.25, 0.3) is 5.91 Å². The lowest BCUT2D eigenvalue weighted by atomic mass is 10.2. The van der Waals surface area contributed by atoms with Crippen LogP contribution >= 0.6 is 15.9 Å². The van der Waals surface area contributed by atoms with Crippen LogP contribution in [0.25, 0.3) is 0 Å². The minimum Gasteiger partial charge on any atom is -0.484 e. The number of hydrogen-bond donors (Lipinski definition) is 0. The van der Waals surface area contributed by atoms with Crippen LogP contribution in [0.4, 0.5) is 4.39 Å². The minimum absolute atomic E-state index is 0.0482. The number of benzene rings is 2. The van der Waals surface area contributed by atoms with Gasteiger partial charge in [0.15, 0.2) is 6.61 Å². The summed E-state index contributed by atoms with van der Waals surface area (Å²) < 4.78 is 19.5. The topological polar surface area (TPSA) is 29.5 Å². The molecule has 0 fully saturated rings. The van der Waals surface area contributed by atoms with Crippen molar-refractivity contribution in [1.82, 2.24) is 4.90 Å². The van der Waals surface area contributed by atoms with Crippen LogP contribution in [0.2, 0.25) is 0 Å². The zero-order valence-electron chi connectivity index (χ0n) is 11.6. The fourth-order valence-corrected chi connectivity index (χ4v) is 2.05. The molecule has 0 heterocycles. The van der Waals surface area contributed by atoms with Crippen LogP contribution < -0.4 is 4.74 Å². The third kappa shape index (κ3) is 4.86. The van der Waals surface area contributed by atoms with Crippen LogP contribution in [-0.2, 0) is 11.3 Å². The highest BCUT2D eigenvalue weighted by molar-refractivity contribution is 9.10. The summed E-state index contributed by atoms with van der Waals surface area (Å²) in [6, 6.07) is 13.4. The number of amides is 1. The fourth-order valence-electron chi connectivity index (χ4n) is 1.78. The smallest absolute Gasteiger partial charge is 0.260 e. The average Bonchev–Trinajstić information content (AvgIpc) is 2.46. The van der Waals surface area contributed by atoms with Crippen molar-refractivity contribution in [3.05, 3.63) is 64.4 Å². The van der Waals surface area contributed by atoms with E-state index in [1.165, 1.54) is 17.0 Å². The fraction of sp³-hybridized carbons (Fsp3) is 0.188. The van der Waals surface area contributed by atoms with E-state index in [2.05, 4.69) is 15.9 Å². The normalized spacial score (nSPS) is 10.2. The van der Waals surface area contributed by atoms with Crippen LogP contribution in [0.1, 0.15) is 5.56 Å². The largest absolute Gasteiger partial charge is 0.484 e. The molecule has 0 spiro atoms. The number of likely N-dealkylation sites (N-methyl/N-ethyl adjacent to an activating group) is 1. The van der Waals surface area contributed by atoms with E-state index in [0.29, 0.717) is 12.3 Å². The summed E-state index contributed by atoms with van der Waals surface area (Å²) in [7, 11) is 1.66. The van der Waals surface area contributed by atoms with Gasteiger partial charge in [0, 0.05) is 18.1 Å². The molecular weight excluding hydrogens is 337 g/mol. The van der Waals surface area contributed by atoms with Gasteiger partial charge in [-0.25, -0.2) is 4.39 Å². The molecule has 0 radical (unpaired) electrons. The molecule has 0 aliphatic heterocycles. The van der Waals surface area contributed by atoms with Crippen LogP contribution in [0.15, 0.2) is 53.0 Å². The maximum atomic E-state index is 13.1. The van der Waals surface area contributed by atoms with Gasteiger partial charge < -0.3 is 9.64 Å². The van der Waals surface area contributed by atoms with Gasteiger partial charge in [-0.2, -0.15) is 0 Å². The Morgan fingerprint density at radius 3 is 2.62 bits per heavy atom. The van der Waals surface area contributed by atoms with E-state index in [-0.39, 0.29) is 18.3 Å². The molecular formula is C16H15BrFNO2. The van der Waals surface area contributed by atoms with Gasteiger partial charge in [-0.15, -0.1) is 0 Å². The molecule has 0 unspecified atom stereocenters. The molecule has 0 aromatic heterocycles. The second kappa shape index (κ2) is 7.22. The van der Waals surface area contributed by atoms with Crippen molar-refractivity contribution in [2.75, 3.05) is 13.7 Å². The Bertz CT molecular complexity index is 616. The second-order valence-electron chi connectivity index (χ2n) is 4.62. The Morgan fingerprint density at radius 2 is 1.95 bits per heavy atom. The molecule has 0 aliphatic carbocycles. The van der Waals surface area contributed by atoms with Crippen LogP contribution in [0, 0.1) is 5.82 Å². The zero-order chi connectivity index (χ0) is 15.2. The summed E-state index contributed by atoms with van der Waals surface area (Å²) in [5.74, 6) is 0.160. The molecule has 110 valence electrons. The molecule has 0 saturated carbocycles. The number of hydrogen-bond acceptors (Lipinski definition) is 2. The van der Waals surface area contributed by atoms with Crippen molar-refractivity contribution >= 4 is 21.8 Å². The molecule has 21 heavy (non-hydrogen) atoms. The molecule has 1 amide bonds. The Balaban J connectivity index is 1.86. The predicted octanol–water partition coefficient (Wildman–Crippen LogP) is 3.63. The lowest BCUT2D eigenvalue weighted by Gasteiger charge is -2.17. The van der Waals surface area contributed by atoms with Crippen LogP contribution in [0.3, 0.4) is 0 Å². The first-order valence-electron chi connectivity index (χ1n) is 6.41. The van der Waals surface area contributed by atoms with Gasteiger partial charge in [0.05, 0.1) is 0 Å². The summed E-state index contributed by atoms with van der Waals surface area (Å²) in [6.07, 6.45) is 0. The van der Waals surface area contributed by atoms with Crippen molar-refractivity contribution in [3.63, 3.8) is 0 Å². The van der Waals surface area contributed by atoms with E-state index < -0.39 is 0 Å². The highest BCUT2D eigenvalue weighted by atomic mass is 79.9. The van der Waals surface area contributed by atoms with Gasteiger partial charge >= 0.3 is 0 Å². The maximum Gasteiger partial charge on any atom is 0.260 e. The molecule has 2 rings (SSSR count). The lowest BCUT2D eigenvalue weighted by molar-refractivity contribution is -0.132. The van der Waals surface area contributed by atoms with Gasteiger partial charge in [0.2, 0.25) is 0 Å². The van der Waals surface area contributed by atoms with E-state index in [1.807, 2.05) is 12.1 Å². The Labute approximate surface area is 131 Å². The summed E-state index contributed by atoms with van der Waals surface area (Å²) in [4.78, 5) is 13.5. The molecule has 0 aliphatic rings. The monoisotopic (exact) mass is 351 g/mol. The molecule has 0 N–H and O–H groups in total. The van der Waals surface area contributed by atoms with E-state index in [4.69, 9.17) is 4.74 Å². The average molecular weight is 352 g/mol. The second-order valence-corrected chi connectivity index (χ2v) is 5.54. The van der Waals surface area contributed by atoms with Crippen LogP contribution in [-0.4, -0.2) is 24.5 Å². The Hall–Kier alpha value is -1.88. The van der Waals surface area contributed by atoms with Crippen molar-refractivity contribution in [1.29, 1.82) is 0 Å². The Morgan fingerprint density at radius 1 is 1.24 bits per heavy atom. The van der Waals surface area contributed by atoms with E-state index in [0.717, 1.165) is 10.0 Å². The van der Waals surface area contributed by atoms with Crippen molar-refractivity contribution in [2.24, 2.45) is 0 Å². The molecule has 0 bridgehead atoms. The van der Waals surface area contributed by atoms with Crippen LogP contribution in [0.5, 0.6) is 5.75 Å². The number of nitrogens with zero attached hydrogens (tertiary/aromatic N) is 1. The van der Waals surface area contributed by atoms with E-state index >= 15 is 0 Å².